The molecule has 2 heterocycles. The minimum Gasteiger partial charge on any atom is -0.301 e. The van der Waals surface area contributed by atoms with E-state index in [9.17, 15) is 4.79 Å². The molecule has 4 nitrogen and oxygen atoms in total. The van der Waals surface area contributed by atoms with Gasteiger partial charge in [-0.15, -0.1) is 0 Å². The lowest BCUT2D eigenvalue weighted by Gasteiger charge is -2.26. The number of hydrogen-bond acceptors (Lipinski definition) is 3. The van der Waals surface area contributed by atoms with Crippen LogP contribution in [0.3, 0.4) is 0 Å². The van der Waals surface area contributed by atoms with E-state index in [0.29, 0.717) is 6.54 Å². The second-order valence-electron chi connectivity index (χ2n) is 6.93. The molecule has 128 valence electrons. The van der Waals surface area contributed by atoms with E-state index >= 15 is 0 Å². The number of aryl methyl sites for hydroxylation is 3. The van der Waals surface area contributed by atoms with Crippen LogP contribution in [0.5, 0.6) is 0 Å². The minimum absolute atomic E-state index is 0.0164. The highest BCUT2D eigenvalue weighted by Crippen LogP contribution is 2.24. The van der Waals surface area contributed by atoms with Gasteiger partial charge in [0.25, 0.3) is 5.56 Å². The number of piperidine rings is 1. The Morgan fingerprint density at radius 3 is 2.38 bits per heavy atom. The van der Waals surface area contributed by atoms with Crippen molar-refractivity contribution in [1.82, 2.24) is 14.7 Å². The number of benzene rings is 1. The Morgan fingerprint density at radius 1 is 0.917 bits per heavy atom. The average Bonchev–Trinajstić information content (AvgIpc) is 2.58. The van der Waals surface area contributed by atoms with E-state index in [2.05, 4.69) is 42.9 Å². The molecular formula is C20H27N3O. The molecule has 2 aromatic rings. The lowest BCUT2D eigenvalue weighted by Crippen LogP contribution is -2.35. The molecule has 1 aliphatic heterocycles. The molecule has 0 bridgehead atoms. The maximum absolute atomic E-state index is 12.2. The molecule has 3 rings (SSSR count). The van der Waals surface area contributed by atoms with Gasteiger partial charge in [0.1, 0.15) is 0 Å². The molecular weight excluding hydrogens is 298 g/mol. The largest absolute Gasteiger partial charge is 0.301 e. The monoisotopic (exact) mass is 325 g/mol. The Hall–Kier alpha value is -1.94. The first-order valence-corrected chi connectivity index (χ1v) is 8.93. The Morgan fingerprint density at radius 2 is 1.62 bits per heavy atom. The fraction of sp³-hybridized carbons (Fsp3) is 0.500. The first-order valence-electron chi connectivity index (χ1n) is 8.93. The molecule has 1 aromatic carbocycles. The van der Waals surface area contributed by atoms with Gasteiger partial charge < -0.3 is 4.90 Å². The second kappa shape index (κ2) is 7.31. The van der Waals surface area contributed by atoms with E-state index in [4.69, 9.17) is 0 Å². The minimum atomic E-state index is -0.0164. The molecule has 0 radical (unpaired) electrons. The fourth-order valence-corrected chi connectivity index (χ4v) is 3.41. The molecule has 0 unspecified atom stereocenters. The van der Waals surface area contributed by atoms with Crippen LogP contribution in [-0.4, -0.2) is 34.3 Å². The van der Waals surface area contributed by atoms with Gasteiger partial charge in [-0.25, -0.2) is 4.68 Å². The van der Waals surface area contributed by atoms with Crippen molar-refractivity contribution in [2.24, 2.45) is 0 Å². The average molecular weight is 325 g/mol. The molecule has 1 aromatic heterocycles. The zero-order chi connectivity index (χ0) is 17.1. The highest BCUT2D eigenvalue weighted by atomic mass is 16.1. The number of likely N-dealkylation sites (tertiary alicyclic amines) is 1. The Balaban J connectivity index is 1.83. The van der Waals surface area contributed by atoms with Crippen LogP contribution in [0.25, 0.3) is 11.3 Å². The highest BCUT2D eigenvalue weighted by molar-refractivity contribution is 5.64. The van der Waals surface area contributed by atoms with Crippen LogP contribution >= 0.6 is 0 Å². The van der Waals surface area contributed by atoms with E-state index in [1.165, 1.54) is 36.0 Å². The summed E-state index contributed by atoms with van der Waals surface area (Å²) in [5.74, 6) is 0. The first-order chi connectivity index (χ1) is 11.5. The van der Waals surface area contributed by atoms with Gasteiger partial charge in [0.15, 0.2) is 0 Å². The summed E-state index contributed by atoms with van der Waals surface area (Å²) >= 11 is 0. The van der Waals surface area contributed by atoms with Crippen molar-refractivity contribution >= 4 is 0 Å². The Bertz CT molecular complexity index is 773. The van der Waals surface area contributed by atoms with Gasteiger partial charge in [0.05, 0.1) is 12.2 Å². The Kier molecular flexibility index (Phi) is 5.14. The predicted molar refractivity (Wildman–Crippen MR) is 98.4 cm³/mol. The summed E-state index contributed by atoms with van der Waals surface area (Å²) in [6.45, 7) is 10.2. The van der Waals surface area contributed by atoms with Gasteiger partial charge in [-0.3, -0.25) is 4.79 Å². The summed E-state index contributed by atoms with van der Waals surface area (Å²) in [7, 11) is 0. The van der Waals surface area contributed by atoms with Crippen LogP contribution in [0, 0.1) is 20.8 Å². The fourth-order valence-electron chi connectivity index (χ4n) is 3.41. The molecule has 1 fully saturated rings. The van der Waals surface area contributed by atoms with Crippen molar-refractivity contribution in [2.75, 3.05) is 19.6 Å². The van der Waals surface area contributed by atoms with Gasteiger partial charge >= 0.3 is 0 Å². The van der Waals surface area contributed by atoms with Crippen molar-refractivity contribution < 1.29 is 0 Å². The zero-order valence-corrected chi connectivity index (χ0v) is 15.0. The molecule has 4 heteroatoms. The first kappa shape index (κ1) is 16.9. The lowest BCUT2D eigenvalue weighted by atomic mass is 9.99. The standard InChI is InChI=1S/C20H27N3O/c1-15-13-17(3)18(14-16(15)2)19-7-8-20(24)23(21-19)12-11-22-9-5-4-6-10-22/h7-8,13-14H,4-6,9-12H2,1-3H3. The van der Waals surface area contributed by atoms with Crippen molar-refractivity contribution in [2.45, 2.75) is 46.6 Å². The molecule has 0 amide bonds. The molecule has 0 atom stereocenters. The normalized spacial score (nSPS) is 15.6. The van der Waals surface area contributed by atoms with Gasteiger partial charge in [-0.2, -0.15) is 5.10 Å². The molecule has 0 saturated carbocycles. The summed E-state index contributed by atoms with van der Waals surface area (Å²) in [5, 5.41) is 4.64. The molecule has 1 aliphatic rings. The third kappa shape index (κ3) is 3.75. The number of aromatic nitrogens is 2. The van der Waals surface area contributed by atoms with Crippen LogP contribution in [0.4, 0.5) is 0 Å². The summed E-state index contributed by atoms with van der Waals surface area (Å²) in [5.41, 5.74) is 5.72. The van der Waals surface area contributed by atoms with E-state index in [1.54, 1.807) is 10.7 Å². The van der Waals surface area contributed by atoms with Crippen molar-refractivity contribution in [3.05, 3.63) is 51.3 Å². The molecule has 0 N–H and O–H groups in total. The van der Waals surface area contributed by atoms with Gasteiger partial charge in [0, 0.05) is 18.2 Å². The van der Waals surface area contributed by atoms with Crippen molar-refractivity contribution in [1.29, 1.82) is 0 Å². The lowest BCUT2D eigenvalue weighted by molar-refractivity contribution is 0.216. The molecule has 1 saturated heterocycles. The maximum Gasteiger partial charge on any atom is 0.266 e. The summed E-state index contributed by atoms with van der Waals surface area (Å²) in [4.78, 5) is 14.6. The number of hydrogen-bond donors (Lipinski definition) is 0. The predicted octanol–water partition coefficient (Wildman–Crippen LogP) is 3.32. The van der Waals surface area contributed by atoms with Gasteiger partial charge in [0.2, 0.25) is 0 Å². The van der Waals surface area contributed by atoms with Crippen molar-refractivity contribution in [3.63, 3.8) is 0 Å². The summed E-state index contributed by atoms with van der Waals surface area (Å²) in [6, 6.07) is 7.85. The third-order valence-corrected chi connectivity index (χ3v) is 5.06. The highest BCUT2D eigenvalue weighted by Gasteiger charge is 2.12. The number of rotatable bonds is 4. The number of nitrogens with zero attached hydrogens (tertiary/aromatic N) is 3. The zero-order valence-electron chi connectivity index (χ0n) is 15.0. The Labute approximate surface area is 144 Å². The van der Waals surface area contributed by atoms with Crippen LogP contribution in [-0.2, 0) is 6.54 Å². The summed E-state index contributed by atoms with van der Waals surface area (Å²) in [6.07, 6.45) is 3.87. The maximum atomic E-state index is 12.2. The quantitative estimate of drug-likeness (QED) is 0.865. The van der Waals surface area contributed by atoms with Gasteiger partial charge in [-0.05, 0) is 75.5 Å². The topological polar surface area (TPSA) is 38.1 Å². The SMILES string of the molecule is Cc1cc(C)c(-c2ccc(=O)n(CCN3CCCCC3)n2)cc1C. The van der Waals surface area contributed by atoms with Crippen LogP contribution in [0.15, 0.2) is 29.1 Å². The van der Waals surface area contributed by atoms with Crippen LogP contribution in [0.2, 0.25) is 0 Å². The summed E-state index contributed by atoms with van der Waals surface area (Å²) < 4.78 is 1.62. The van der Waals surface area contributed by atoms with Crippen LogP contribution in [0.1, 0.15) is 36.0 Å². The van der Waals surface area contributed by atoms with E-state index < -0.39 is 0 Å². The second-order valence-corrected chi connectivity index (χ2v) is 6.93. The van der Waals surface area contributed by atoms with E-state index in [0.717, 1.165) is 30.9 Å². The molecule has 0 aliphatic carbocycles. The smallest absolute Gasteiger partial charge is 0.266 e. The third-order valence-electron chi connectivity index (χ3n) is 5.06. The van der Waals surface area contributed by atoms with Crippen molar-refractivity contribution in [3.8, 4) is 11.3 Å². The van der Waals surface area contributed by atoms with Gasteiger partial charge in [-0.1, -0.05) is 12.5 Å². The van der Waals surface area contributed by atoms with Crippen LogP contribution < -0.4 is 5.56 Å². The molecule has 24 heavy (non-hydrogen) atoms. The molecule has 0 spiro atoms. The van der Waals surface area contributed by atoms with E-state index in [-0.39, 0.29) is 5.56 Å². The van der Waals surface area contributed by atoms with E-state index in [1.807, 2.05) is 6.07 Å².